The maximum Gasteiger partial charge on any atom is 0.181 e. The Hall–Kier alpha value is -1.07. The second kappa shape index (κ2) is 6.14. The van der Waals surface area contributed by atoms with Crippen LogP contribution in [0.2, 0.25) is 0 Å². The molecule has 1 fully saturated rings. The lowest BCUT2D eigenvalue weighted by atomic mass is 9.82. The molecule has 0 heterocycles. The van der Waals surface area contributed by atoms with E-state index in [-0.39, 0.29) is 11.2 Å². The van der Waals surface area contributed by atoms with Crippen LogP contribution in [0.4, 0.5) is 0 Å². The van der Waals surface area contributed by atoms with Gasteiger partial charge in [0.25, 0.3) is 0 Å². The SMILES string of the molecule is COc1cccc(S(=O)(=O)C2CC(C)CCC2CN)c1. The van der Waals surface area contributed by atoms with Gasteiger partial charge in [0.1, 0.15) is 5.75 Å². The van der Waals surface area contributed by atoms with E-state index in [2.05, 4.69) is 6.92 Å². The van der Waals surface area contributed by atoms with Gasteiger partial charge in [0.05, 0.1) is 17.3 Å². The van der Waals surface area contributed by atoms with Crippen molar-refractivity contribution in [3.63, 3.8) is 0 Å². The van der Waals surface area contributed by atoms with Crippen molar-refractivity contribution in [3.05, 3.63) is 24.3 Å². The lowest BCUT2D eigenvalue weighted by molar-refractivity contribution is 0.296. The molecule has 0 radical (unpaired) electrons. The predicted octanol–water partition coefficient (Wildman–Crippen LogP) is 2.23. The molecule has 1 aliphatic carbocycles. The second-order valence-corrected chi connectivity index (χ2v) is 7.84. The van der Waals surface area contributed by atoms with Gasteiger partial charge in [-0.25, -0.2) is 8.42 Å². The van der Waals surface area contributed by atoms with Crippen molar-refractivity contribution in [2.75, 3.05) is 13.7 Å². The highest BCUT2D eigenvalue weighted by molar-refractivity contribution is 7.92. The molecule has 1 aromatic rings. The smallest absolute Gasteiger partial charge is 0.181 e. The Labute approximate surface area is 121 Å². The summed E-state index contributed by atoms with van der Waals surface area (Å²) in [7, 11) is -1.81. The summed E-state index contributed by atoms with van der Waals surface area (Å²) in [5.74, 6) is 1.06. The predicted molar refractivity (Wildman–Crippen MR) is 79.5 cm³/mol. The third-order valence-electron chi connectivity index (χ3n) is 4.26. The van der Waals surface area contributed by atoms with Gasteiger partial charge >= 0.3 is 0 Å². The molecule has 1 aromatic carbocycles. The molecule has 2 rings (SSSR count). The quantitative estimate of drug-likeness (QED) is 0.925. The number of methoxy groups -OCH3 is 1. The van der Waals surface area contributed by atoms with Crippen molar-refractivity contribution in [2.45, 2.75) is 36.3 Å². The largest absolute Gasteiger partial charge is 0.497 e. The lowest BCUT2D eigenvalue weighted by Gasteiger charge is -2.33. The van der Waals surface area contributed by atoms with Crippen LogP contribution < -0.4 is 10.5 Å². The standard InChI is InChI=1S/C15H23NO3S/c1-11-6-7-12(10-16)15(8-11)20(17,18)14-5-3-4-13(9-14)19-2/h3-5,9,11-12,15H,6-8,10,16H2,1-2H3. The summed E-state index contributed by atoms with van der Waals surface area (Å²) in [5, 5.41) is -0.372. The molecule has 4 nitrogen and oxygen atoms in total. The molecule has 1 saturated carbocycles. The number of hydrogen-bond donors (Lipinski definition) is 1. The van der Waals surface area contributed by atoms with Gasteiger partial charge in [-0.2, -0.15) is 0 Å². The van der Waals surface area contributed by atoms with Gasteiger partial charge in [-0.15, -0.1) is 0 Å². The number of rotatable bonds is 4. The van der Waals surface area contributed by atoms with E-state index < -0.39 is 9.84 Å². The maximum absolute atomic E-state index is 12.9. The summed E-state index contributed by atoms with van der Waals surface area (Å²) in [6.45, 7) is 2.54. The van der Waals surface area contributed by atoms with Crippen LogP contribution in [0.3, 0.4) is 0 Å². The van der Waals surface area contributed by atoms with E-state index in [9.17, 15) is 8.42 Å². The molecule has 0 spiro atoms. The molecular weight excluding hydrogens is 274 g/mol. The first kappa shape index (κ1) is 15.3. The topological polar surface area (TPSA) is 69.4 Å². The molecule has 3 atom stereocenters. The molecule has 5 heteroatoms. The summed E-state index contributed by atoms with van der Waals surface area (Å²) < 4.78 is 30.8. The first-order valence-electron chi connectivity index (χ1n) is 7.07. The number of nitrogens with two attached hydrogens (primary N) is 1. The van der Waals surface area contributed by atoms with E-state index in [0.717, 1.165) is 12.8 Å². The van der Waals surface area contributed by atoms with Crippen LogP contribution in [0.5, 0.6) is 5.75 Å². The zero-order chi connectivity index (χ0) is 14.8. The summed E-state index contributed by atoms with van der Waals surface area (Å²) in [6.07, 6.45) is 2.65. The summed E-state index contributed by atoms with van der Waals surface area (Å²) in [4.78, 5) is 0.342. The van der Waals surface area contributed by atoms with Gasteiger partial charge in [-0.3, -0.25) is 0 Å². The average molecular weight is 297 g/mol. The van der Waals surface area contributed by atoms with Gasteiger partial charge in [-0.1, -0.05) is 19.4 Å². The van der Waals surface area contributed by atoms with Crippen LogP contribution in [-0.2, 0) is 9.84 Å². The van der Waals surface area contributed by atoms with Crippen molar-refractivity contribution >= 4 is 9.84 Å². The molecule has 0 bridgehead atoms. The maximum atomic E-state index is 12.9. The fourth-order valence-corrected chi connectivity index (χ4v) is 5.23. The third kappa shape index (κ3) is 2.99. The molecule has 2 N–H and O–H groups in total. The van der Waals surface area contributed by atoms with E-state index in [1.807, 2.05) is 0 Å². The van der Waals surface area contributed by atoms with Crippen LogP contribution >= 0.6 is 0 Å². The molecule has 0 aliphatic heterocycles. The molecule has 112 valence electrons. The zero-order valence-corrected chi connectivity index (χ0v) is 12.9. The van der Waals surface area contributed by atoms with Crippen molar-refractivity contribution < 1.29 is 13.2 Å². The molecule has 20 heavy (non-hydrogen) atoms. The zero-order valence-electron chi connectivity index (χ0n) is 12.1. The van der Waals surface area contributed by atoms with E-state index in [4.69, 9.17) is 10.5 Å². The fraction of sp³-hybridized carbons (Fsp3) is 0.600. The number of sulfone groups is 1. The minimum atomic E-state index is -3.35. The van der Waals surface area contributed by atoms with Crippen LogP contribution in [0.25, 0.3) is 0 Å². The lowest BCUT2D eigenvalue weighted by Crippen LogP contribution is -2.39. The average Bonchev–Trinajstić information content (AvgIpc) is 2.47. The highest BCUT2D eigenvalue weighted by atomic mass is 32.2. The Kier molecular flexibility index (Phi) is 4.70. The molecule has 3 unspecified atom stereocenters. The van der Waals surface area contributed by atoms with Crippen molar-refractivity contribution in [3.8, 4) is 5.75 Å². The fourth-order valence-electron chi connectivity index (χ4n) is 2.99. The Morgan fingerprint density at radius 1 is 1.35 bits per heavy atom. The summed E-state index contributed by atoms with van der Waals surface area (Å²) in [5.41, 5.74) is 5.78. The van der Waals surface area contributed by atoms with Crippen LogP contribution in [0, 0.1) is 11.8 Å². The van der Waals surface area contributed by atoms with Gasteiger partial charge in [0.15, 0.2) is 9.84 Å². The number of benzene rings is 1. The summed E-state index contributed by atoms with van der Waals surface area (Å²) >= 11 is 0. The van der Waals surface area contributed by atoms with E-state index in [0.29, 0.717) is 29.5 Å². The van der Waals surface area contributed by atoms with Gasteiger partial charge in [0, 0.05) is 0 Å². The molecule has 1 aliphatic rings. The minimum Gasteiger partial charge on any atom is -0.497 e. The van der Waals surface area contributed by atoms with Gasteiger partial charge in [0.2, 0.25) is 0 Å². The third-order valence-corrected chi connectivity index (χ3v) is 6.55. The van der Waals surface area contributed by atoms with Crippen LogP contribution in [-0.4, -0.2) is 27.3 Å². The van der Waals surface area contributed by atoms with E-state index in [1.54, 1.807) is 24.3 Å². The summed E-state index contributed by atoms with van der Waals surface area (Å²) in [6, 6.07) is 6.71. The van der Waals surface area contributed by atoms with Gasteiger partial charge in [-0.05, 0) is 49.4 Å². The number of hydrogen-bond acceptors (Lipinski definition) is 4. The van der Waals surface area contributed by atoms with Crippen LogP contribution in [0.15, 0.2) is 29.2 Å². The molecule has 0 saturated heterocycles. The Balaban J connectivity index is 2.36. The molecular formula is C15H23NO3S. The normalized spacial score (nSPS) is 27.2. The van der Waals surface area contributed by atoms with Crippen molar-refractivity contribution in [2.24, 2.45) is 17.6 Å². The van der Waals surface area contributed by atoms with Crippen LogP contribution in [0.1, 0.15) is 26.2 Å². The Morgan fingerprint density at radius 2 is 2.10 bits per heavy atom. The highest BCUT2D eigenvalue weighted by Crippen LogP contribution is 2.36. The second-order valence-electron chi connectivity index (χ2n) is 5.68. The molecule has 0 amide bonds. The van der Waals surface area contributed by atoms with Gasteiger partial charge < -0.3 is 10.5 Å². The minimum absolute atomic E-state index is 0.0578. The Morgan fingerprint density at radius 3 is 2.75 bits per heavy atom. The van der Waals surface area contributed by atoms with Crippen molar-refractivity contribution in [1.82, 2.24) is 0 Å². The highest BCUT2D eigenvalue weighted by Gasteiger charge is 2.38. The monoisotopic (exact) mass is 297 g/mol. The molecule has 0 aromatic heterocycles. The van der Waals surface area contributed by atoms with E-state index in [1.165, 1.54) is 7.11 Å². The number of ether oxygens (including phenoxy) is 1. The Bertz CT molecular complexity index is 556. The van der Waals surface area contributed by atoms with E-state index >= 15 is 0 Å². The van der Waals surface area contributed by atoms with Crippen molar-refractivity contribution in [1.29, 1.82) is 0 Å². The first-order chi connectivity index (χ1) is 9.48. The first-order valence-corrected chi connectivity index (χ1v) is 8.61.